The van der Waals surface area contributed by atoms with E-state index in [4.69, 9.17) is 5.73 Å². The Kier molecular flexibility index (Phi) is 13.7. The second kappa shape index (κ2) is 15.9. The summed E-state index contributed by atoms with van der Waals surface area (Å²) < 4.78 is 0. The molecule has 2 amide bonds. The minimum atomic E-state index is -0.593. The molecule has 8 atom stereocenters. The van der Waals surface area contributed by atoms with Crippen LogP contribution in [0.5, 0.6) is 0 Å². The van der Waals surface area contributed by atoms with Crippen LogP contribution in [0, 0.1) is 29.6 Å². The fourth-order valence-electron chi connectivity index (χ4n) is 3.75. The Morgan fingerprint density at radius 3 is 1.62 bits per heavy atom. The van der Waals surface area contributed by atoms with Crippen molar-refractivity contribution in [3.63, 3.8) is 0 Å². The number of aliphatic hydroxyl groups excluding tert-OH is 2. The molecule has 0 fully saturated rings. The van der Waals surface area contributed by atoms with Gasteiger partial charge >= 0.3 is 0 Å². The Balaban J connectivity index is 1.71. The highest BCUT2D eigenvalue weighted by Gasteiger charge is 2.29. The zero-order valence-corrected chi connectivity index (χ0v) is 26.2. The van der Waals surface area contributed by atoms with Gasteiger partial charge in [0.1, 0.15) is 10.0 Å². The molecule has 0 aliphatic carbocycles. The van der Waals surface area contributed by atoms with Crippen LogP contribution in [-0.2, 0) is 22.4 Å². The highest BCUT2D eigenvalue weighted by molar-refractivity contribution is 7.99. The average molecular weight is 602 g/mol. The summed E-state index contributed by atoms with van der Waals surface area (Å²) >= 11 is 4.48. The summed E-state index contributed by atoms with van der Waals surface area (Å²) in [7, 11) is 0. The van der Waals surface area contributed by atoms with E-state index in [0.29, 0.717) is 10.3 Å². The van der Waals surface area contributed by atoms with Gasteiger partial charge in [0.05, 0.1) is 18.1 Å². The summed E-state index contributed by atoms with van der Waals surface area (Å²) in [6.07, 6.45) is 0.401. The highest BCUT2D eigenvalue weighted by atomic mass is 32.2. The van der Waals surface area contributed by atoms with Crippen molar-refractivity contribution in [2.24, 2.45) is 35.3 Å². The lowest BCUT2D eigenvalue weighted by Crippen LogP contribution is -2.44. The third kappa shape index (κ3) is 10.3. The Bertz CT molecular complexity index is 968. The van der Waals surface area contributed by atoms with Crippen molar-refractivity contribution in [1.29, 1.82) is 0 Å². The number of aromatic nitrogens is 4. The topological polar surface area (TPSA) is 176 Å². The van der Waals surface area contributed by atoms with E-state index in [-0.39, 0.29) is 35.5 Å². The number of rotatable bonds is 16. The lowest BCUT2D eigenvalue weighted by molar-refractivity contribution is -0.122. The lowest BCUT2D eigenvalue weighted by Gasteiger charge is -2.27. The van der Waals surface area contributed by atoms with Crippen LogP contribution in [0.25, 0.3) is 0 Å². The molecule has 11 nitrogen and oxygen atoms in total. The molecule has 2 aromatic heterocycles. The first-order chi connectivity index (χ1) is 18.3. The van der Waals surface area contributed by atoms with E-state index in [1.807, 2.05) is 27.7 Å². The van der Waals surface area contributed by atoms with Crippen LogP contribution in [0.3, 0.4) is 0 Å². The normalized spacial score (nSPS) is 17.9. The first-order valence-corrected chi connectivity index (χ1v) is 16.1. The van der Waals surface area contributed by atoms with Crippen molar-refractivity contribution in [1.82, 2.24) is 20.4 Å². The summed E-state index contributed by atoms with van der Waals surface area (Å²) in [6.45, 7) is 12.8. The predicted molar refractivity (Wildman–Crippen MR) is 159 cm³/mol. The van der Waals surface area contributed by atoms with Gasteiger partial charge < -0.3 is 26.6 Å². The summed E-state index contributed by atoms with van der Waals surface area (Å²) in [5.41, 5.74) is 6.13. The third-order valence-electron chi connectivity index (χ3n) is 7.47. The van der Waals surface area contributed by atoms with Crippen molar-refractivity contribution in [3.05, 3.63) is 10.0 Å². The standard InChI is InChI=1S/C25H43N7O4S3/c1-12(13(2)17(6)33)14(3)22(35)27-24-31-29-19(38-24)8-10-37-11-9-20-30-32-25(39-20)28-23(36)16(5)21(26)15(4)18(7)34/h12-18,21,33-34H,8-11,26H2,1-7H3,(H,27,31,35)(H,28,32,36). The Morgan fingerprint density at radius 2 is 1.18 bits per heavy atom. The first-order valence-electron chi connectivity index (χ1n) is 13.3. The van der Waals surface area contributed by atoms with E-state index in [2.05, 4.69) is 31.0 Å². The number of thioether (sulfide) groups is 1. The van der Waals surface area contributed by atoms with Crippen molar-refractivity contribution in [2.45, 2.75) is 79.6 Å². The average Bonchev–Trinajstić information content (AvgIpc) is 3.54. The molecular weight excluding hydrogens is 559 g/mol. The Labute approximate surface area is 243 Å². The zero-order valence-electron chi connectivity index (χ0n) is 23.7. The van der Waals surface area contributed by atoms with E-state index in [1.54, 1.807) is 32.5 Å². The SMILES string of the molecule is CC(O)C(C)C(C)C(C)C(=O)Nc1nnc(CCSCCc2nnc(NC(=O)C(C)C(N)C(C)C(C)O)s2)s1. The second-order valence-electron chi connectivity index (χ2n) is 10.3. The molecule has 14 heteroatoms. The maximum absolute atomic E-state index is 12.6. The number of nitrogens with one attached hydrogen (secondary N) is 2. The molecule has 0 bridgehead atoms. The third-order valence-corrected chi connectivity index (χ3v) is 10.2. The maximum Gasteiger partial charge on any atom is 0.230 e. The summed E-state index contributed by atoms with van der Waals surface area (Å²) in [6, 6.07) is -0.467. The number of aryl methyl sites for hydroxylation is 2. The van der Waals surface area contributed by atoms with Gasteiger partial charge in [0, 0.05) is 24.8 Å². The van der Waals surface area contributed by atoms with Crippen molar-refractivity contribution in [3.8, 4) is 0 Å². The van der Waals surface area contributed by atoms with Crippen molar-refractivity contribution >= 4 is 56.5 Å². The smallest absolute Gasteiger partial charge is 0.230 e. The lowest BCUT2D eigenvalue weighted by atomic mass is 9.82. The van der Waals surface area contributed by atoms with Gasteiger partial charge in [0.25, 0.3) is 0 Å². The monoisotopic (exact) mass is 601 g/mol. The Hall–Kier alpha value is -1.71. The van der Waals surface area contributed by atoms with E-state index < -0.39 is 24.2 Å². The van der Waals surface area contributed by atoms with Crippen LogP contribution in [0.1, 0.15) is 58.5 Å². The molecule has 0 saturated heterocycles. The number of carbonyl (C=O) groups excluding carboxylic acids is 2. The number of hydrogen-bond donors (Lipinski definition) is 5. The first kappa shape index (κ1) is 33.5. The number of hydrogen-bond acceptors (Lipinski definition) is 12. The molecule has 0 aliphatic heterocycles. The molecule has 220 valence electrons. The molecule has 2 rings (SSSR count). The molecule has 0 aliphatic rings. The molecule has 0 radical (unpaired) electrons. The molecule has 0 spiro atoms. The zero-order chi connectivity index (χ0) is 29.3. The quantitative estimate of drug-likeness (QED) is 0.180. The molecule has 6 N–H and O–H groups in total. The van der Waals surface area contributed by atoms with Gasteiger partial charge in [-0.15, -0.1) is 20.4 Å². The number of carbonyl (C=O) groups is 2. The van der Waals surface area contributed by atoms with E-state index in [9.17, 15) is 19.8 Å². The largest absolute Gasteiger partial charge is 0.393 e. The van der Waals surface area contributed by atoms with Gasteiger partial charge in [0.2, 0.25) is 22.1 Å². The summed E-state index contributed by atoms with van der Waals surface area (Å²) in [5, 5.41) is 44.3. The molecule has 2 heterocycles. The summed E-state index contributed by atoms with van der Waals surface area (Å²) in [5.74, 6) is 0.432. The van der Waals surface area contributed by atoms with Crippen LogP contribution < -0.4 is 16.4 Å². The predicted octanol–water partition coefficient (Wildman–Crippen LogP) is 3.05. The molecule has 2 aromatic rings. The maximum atomic E-state index is 12.6. The second-order valence-corrected chi connectivity index (χ2v) is 13.7. The van der Waals surface area contributed by atoms with Crippen LogP contribution in [-0.4, -0.2) is 72.2 Å². The van der Waals surface area contributed by atoms with Crippen LogP contribution in [0.15, 0.2) is 0 Å². The van der Waals surface area contributed by atoms with Gasteiger partial charge in [-0.1, -0.05) is 57.3 Å². The Morgan fingerprint density at radius 1 is 0.744 bits per heavy atom. The van der Waals surface area contributed by atoms with E-state index >= 15 is 0 Å². The van der Waals surface area contributed by atoms with Gasteiger partial charge in [-0.25, -0.2) is 0 Å². The van der Waals surface area contributed by atoms with Crippen molar-refractivity contribution in [2.75, 3.05) is 22.1 Å². The molecular formula is C25H43N7O4S3. The van der Waals surface area contributed by atoms with Crippen LogP contribution in [0.2, 0.25) is 0 Å². The molecule has 0 aromatic carbocycles. The fourth-order valence-corrected chi connectivity index (χ4v) is 6.38. The summed E-state index contributed by atoms with van der Waals surface area (Å²) in [4.78, 5) is 25.1. The van der Waals surface area contributed by atoms with Gasteiger partial charge in [0.15, 0.2) is 0 Å². The molecule has 8 unspecified atom stereocenters. The number of aliphatic hydroxyl groups is 2. The van der Waals surface area contributed by atoms with Crippen LogP contribution >= 0.6 is 34.4 Å². The number of nitrogens with two attached hydrogens (primary N) is 1. The highest BCUT2D eigenvalue weighted by Crippen LogP contribution is 2.26. The van der Waals surface area contributed by atoms with Crippen LogP contribution in [0.4, 0.5) is 10.3 Å². The molecule has 39 heavy (non-hydrogen) atoms. The van der Waals surface area contributed by atoms with Gasteiger partial charge in [-0.05, 0) is 43.1 Å². The van der Waals surface area contributed by atoms with Gasteiger partial charge in [-0.2, -0.15) is 11.8 Å². The fraction of sp³-hybridized carbons (Fsp3) is 0.760. The number of nitrogens with zero attached hydrogens (tertiary/aromatic N) is 4. The number of amides is 2. The van der Waals surface area contributed by atoms with E-state index in [1.165, 1.54) is 22.7 Å². The van der Waals surface area contributed by atoms with Crippen molar-refractivity contribution < 1.29 is 19.8 Å². The minimum Gasteiger partial charge on any atom is -0.393 e. The number of anilines is 2. The molecule has 0 saturated carbocycles. The van der Waals surface area contributed by atoms with E-state index in [0.717, 1.165) is 34.4 Å². The minimum absolute atomic E-state index is 0.0104. The van der Waals surface area contributed by atoms with Gasteiger partial charge in [-0.3, -0.25) is 9.59 Å².